The van der Waals surface area contributed by atoms with Gasteiger partial charge in [-0.05, 0) is 0 Å². The Morgan fingerprint density at radius 1 is 1.62 bits per heavy atom. The summed E-state index contributed by atoms with van der Waals surface area (Å²) in [5.41, 5.74) is 0. The first kappa shape index (κ1) is 10.5. The summed E-state index contributed by atoms with van der Waals surface area (Å²) in [6, 6.07) is 0. The van der Waals surface area contributed by atoms with Gasteiger partial charge >= 0.3 is 6.09 Å². The molecule has 0 bridgehead atoms. The predicted octanol–water partition coefficient (Wildman–Crippen LogP) is -0.332. The first-order valence-electron chi connectivity index (χ1n) is 1.85. The number of nitrogens with one attached hydrogen (secondary N) is 1. The molecule has 0 aromatic carbocycles. The fourth-order valence-corrected chi connectivity index (χ4v) is 0.163. The standard InChI is InChI=1S/C3H7NO3.ClH/c5-2-1-4-3(6)7;/h4-5H,1-2H2,(H,6,7);1H. The number of rotatable bonds is 2. The quantitative estimate of drug-likeness (QED) is 0.493. The van der Waals surface area contributed by atoms with Gasteiger partial charge in [-0.1, -0.05) is 0 Å². The third-order valence-corrected chi connectivity index (χ3v) is 0.388. The molecule has 4 nitrogen and oxygen atoms in total. The molecule has 0 aromatic heterocycles. The van der Waals surface area contributed by atoms with Crippen LogP contribution in [0.25, 0.3) is 0 Å². The summed E-state index contributed by atoms with van der Waals surface area (Å²) in [5, 5.41) is 17.8. The molecule has 50 valence electrons. The Kier molecular flexibility index (Phi) is 8.55. The van der Waals surface area contributed by atoms with Crippen LogP contribution in [-0.2, 0) is 0 Å². The molecule has 8 heavy (non-hydrogen) atoms. The van der Waals surface area contributed by atoms with Gasteiger partial charge in [0, 0.05) is 6.54 Å². The van der Waals surface area contributed by atoms with Crippen LogP contribution >= 0.6 is 12.4 Å². The second-order valence-electron chi connectivity index (χ2n) is 0.956. The zero-order valence-electron chi connectivity index (χ0n) is 4.13. The van der Waals surface area contributed by atoms with Gasteiger partial charge in [0.1, 0.15) is 0 Å². The lowest BCUT2D eigenvalue weighted by Gasteiger charge is -1.91. The van der Waals surface area contributed by atoms with Gasteiger partial charge in [0.15, 0.2) is 0 Å². The Hall–Kier alpha value is -0.480. The molecule has 0 fully saturated rings. The lowest BCUT2D eigenvalue weighted by atomic mass is 10.7. The second kappa shape index (κ2) is 6.52. The van der Waals surface area contributed by atoms with Gasteiger partial charge < -0.3 is 15.5 Å². The smallest absolute Gasteiger partial charge is 0.404 e. The van der Waals surface area contributed by atoms with Crippen LogP contribution in [0.15, 0.2) is 0 Å². The Bertz CT molecular complexity index is 67.5. The van der Waals surface area contributed by atoms with Gasteiger partial charge in [-0.15, -0.1) is 12.4 Å². The van der Waals surface area contributed by atoms with Crippen LogP contribution < -0.4 is 5.32 Å². The fourth-order valence-electron chi connectivity index (χ4n) is 0.163. The van der Waals surface area contributed by atoms with Crippen molar-refractivity contribution >= 4 is 18.5 Å². The topological polar surface area (TPSA) is 69.6 Å². The average Bonchev–Trinajstić information content (AvgIpc) is 1.61. The third kappa shape index (κ3) is 9.10. The number of aliphatic hydroxyl groups excluding tert-OH is 1. The first-order chi connectivity index (χ1) is 3.27. The van der Waals surface area contributed by atoms with E-state index >= 15 is 0 Å². The lowest BCUT2D eigenvalue weighted by molar-refractivity contribution is 0.190. The summed E-state index contributed by atoms with van der Waals surface area (Å²) in [7, 11) is 0. The summed E-state index contributed by atoms with van der Waals surface area (Å²) in [6.07, 6.45) is -1.10. The van der Waals surface area contributed by atoms with Crippen LogP contribution in [0.3, 0.4) is 0 Å². The van der Waals surface area contributed by atoms with Crippen LogP contribution in [-0.4, -0.2) is 29.5 Å². The number of amides is 1. The SMILES string of the molecule is Cl.O=C(O)NCCO. The molecule has 0 aromatic rings. The highest BCUT2D eigenvalue weighted by Crippen LogP contribution is 1.56. The molecule has 0 atom stereocenters. The molecule has 5 heteroatoms. The van der Waals surface area contributed by atoms with Crippen molar-refractivity contribution in [2.45, 2.75) is 0 Å². The molecule has 3 N–H and O–H groups in total. The van der Waals surface area contributed by atoms with Crippen LogP contribution in [0.4, 0.5) is 4.79 Å². The monoisotopic (exact) mass is 141 g/mol. The Morgan fingerprint density at radius 3 is 2.25 bits per heavy atom. The van der Waals surface area contributed by atoms with E-state index in [2.05, 4.69) is 0 Å². The van der Waals surface area contributed by atoms with Gasteiger partial charge in [0.2, 0.25) is 0 Å². The molecule has 0 aliphatic carbocycles. The first-order valence-corrected chi connectivity index (χ1v) is 1.85. The van der Waals surface area contributed by atoms with Gasteiger partial charge in [-0.25, -0.2) is 4.79 Å². The second-order valence-corrected chi connectivity index (χ2v) is 0.956. The molecule has 0 saturated carbocycles. The van der Waals surface area contributed by atoms with Gasteiger partial charge in [0.25, 0.3) is 0 Å². The number of hydrogen-bond acceptors (Lipinski definition) is 2. The maximum Gasteiger partial charge on any atom is 0.404 e. The molecule has 0 radical (unpaired) electrons. The van der Waals surface area contributed by atoms with Gasteiger partial charge in [-0.3, -0.25) is 0 Å². The normalized spacial score (nSPS) is 7.12. The molecule has 0 spiro atoms. The van der Waals surface area contributed by atoms with Gasteiger partial charge in [-0.2, -0.15) is 0 Å². The summed E-state index contributed by atoms with van der Waals surface area (Å²) in [4.78, 5) is 9.54. The summed E-state index contributed by atoms with van der Waals surface area (Å²) >= 11 is 0. The third-order valence-electron chi connectivity index (χ3n) is 0.388. The van der Waals surface area contributed by atoms with Crippen molar-refractivity contribution in [1.82, 2.24) is 5.32 Å². The minimum absolute atomic E-state index is 0. The summed E-state index contributed by atoms with van der Waals surface area (Å²) < 4.78 is 0. The number of hydrogen-bond donors (Lipinski definition) is 3. The van der Waals surface area contributed by atoms with E-state index in [0.29, 0.717) is 0 Å². The van der Waals surface area contributed by atoms with E-state index in [-0.39, 0.29) is 25.6 Å². The fraction of sp³-hybridized carbons (Fsp3) is 0.667. The van der Waals surface area contributed by atoms with Crippen molar-refractivity contribution in [3.05, 3.63) is 0 Å². The largest absolute Gasteiger partial charge is 0.465 e. The van der Waals surface area contributed by atoms with Crippen molar-refractivity contribution in [2.24, 2.45) is 0 Å². The molecular formula is C3H8ClNO3. The van der Waals surface area contributed by atoms with E-state index in [1.807, 2.05) is 5.32 Å². The number of carboxylic acid groups (broad SMARTS) is 1. The molecule has 0 saturated heterocycles. The van der Waals surface area contributed by atoms with Crippen LogP contribution in [0, 0.1) is 0 Å². The Morgan fingerprint density at radius 2 is 2.12 bits per heavy atom. The number of carbonyl (C=O) groups is 1. The van der Waals surface area contributed by atoms with E-state index in [1.54, 1.807) is 0 Å². The molecule has 0 heterocycles. The predicted molar refractivity (Wildman–Crippen MR) is 30.4 cm³/mol. The molecule has 0 rings (SSSR count). The Labute approximate surface area is 52.9 Å². The van der Waals surface area contributed by atoms with Crippen LogP contribution in [0.5, 0.6) is 0 Å². The minimum atomic E-state index is -1.10. The molecular weight excluding hydrogens is 133 g/mol. The molecule has 0 unspecified atom stereocenters. The zero-order chi connectivity index (χ0) is 5.70. The van der Waals surface area contributed by atoms with E-state index in [0.717, 1.165) is 0 Å². The van der Waals surface area contributed by atoms with Crippen molar-refractivity contribution in [2.75, 3.05) is 13.2 Å². The minimum Gasteiger partial charge on any atom is -0.465 e. The van der Waals surface area contributed by atoms with Crippen LogP contribution in [0.1, 0.15) is 0 Å². The maximum atomic E-state index is 9.54. The van der Waals surface area contributed by atoms with E-state index in [1.165, 1.54) is 0 Å². The molecule has 0 aliphatic rings. The number of halogens is 1. The zero-order valence-corrected chi connectivity index (χ0v) is 4.94. The molecule has 1 amide bonds. The van der Waals surface area contributed by atoms with Crippen molar-refractivity contribution in [3.63, 3.8) is 0 Å². The summed E-state index contributed by atoms with van der Waals surface area (Å²) in [6.45, 7) is -0.0400. The Balaban J connectivity index is 0. The maximum absolute atomic E-state index is 9.54. The van der Waals surface area contributed by atoms with E-state index < -0.39 is 6.09 Å². The van der Waals surface area contributed by atoms with E-state index in [4.69, 9.17) is 10.2 Å². The highest BCUT2D eigenvalue weighted by atomic mass is 35.5. The lowest BCUT2D eigenvalue weighted by Crippen LogP contribution is -2.23. The van der Waals surface area contributed by atoms with Gasteiger partial charge in [0.05, 0.1) is 6.61 Å². The highest BCUT2D eigenvalue weighted by Gasteiger charge is 1.87. The number of aliphatic hydroxyl groups is 1. The van der Waals surface area contributed by atoms with Crippen LogP contribution in [0.2, 0.25) is 0 Å². The van der Waals surface area contributed by atoms with Crippen molar-refractivity contribution in [3.8, 4) is 0 Å². The average molecular weight is 142 g/mol. The van der Waals surface area contributed by atoms with Crippen molar-refractivity contribution < 1.29 is 15.0 Å². The molecule has 0 aliphatic heterocycles. The summed E-state index contributed by atoms with van der Waals surface area (Å²) in [5.74, 6) is 0. The van der Waals surface area contributed by atoms with E-state index in [9.17, 15) is 4.79 Å². The highest BCUT2D eigenvalue weighted by molar-refractivity contribution is 5.85. The van der Waals surface area contributed by atoms with Crippen molar-refractivity contribution in [1.29, 1.82) is 0 Å².